The summed E-state index contributed by atoms with van der Waals surface area (Å²) in [5.41, 5.74) is 4.32. The molecule has 0 radical (unpaired) electrons. The molecule has 0 bridgehead atoms. The molecule has 4 heteroatoms. The molecular formula is C19H24N2O2. The van der Waals surface area contributed by atoms with Gasteiger partial charge in [0, 0.05) is 24.8 Å². The highest BCUT2D eigenvalue weighted by molar-refractivity contribution is 5.33. The molecule has 122 valence electrons. The van der Waals surface area contributed by atoms with Crippen LogP contribution >= 0.6 is 0 Å². The molecule has 0 amide bonds. The average molecular weight is 312 g/mol. The van der Waals surface area contributed by atoms with Gasteiger partial charge in [0.15, 0.2) is 0 Å². The Bertz CT molecular complexity index is 672. The summed E-state index contributed by atoms with van der Waals surface area (Å²) in [6, 6.07) is 12.3. The summed E-state index contributed by atoms with van der Waals surface area (Å²) in [5, 5.41) is 19.6. The number of benzene rings is 1. The van der Waals surface area contributed by atoms with Crippen molar-refractivity contribution in [2.45, 2.75) is 38.8 Å². The van der Waals surface area contributed by atoms with E-state index in [9.17, 15) is 10.2 Å². The van der Waals surface area contributed by atoms with Crippen LogP contribution in [0, 0.1) is 6.92 Å². The maximum atomic E-state index is 10.1. The number of pyridine rings is 1. The summed E-state index contributed by atoms with van der Waals surface area (Å²) in [6.07, 6.45) is 3.34. The van der Waals surface area contributed by atoms with Crippen molar-refractivity contribution < 1.29 is 10.2 Å². The van der Waals surface area contributed by atoms with Gasteiger partial charge in [-0.2, -0.15) is 0 Å². The molecule has 2 aromatic rings. The van der Waals surface area contributed by atoms with Crippen molar-refractivity contribution in [3.63, 3.8) is 0 Å². The molecule has 1 unspecified atom stereocenters. The third kappa shape index (κ3) is 3.54. The number of hydrogen-bond donors (Lipinski definition) is 2. The first-order chi connectivity index (χ1) is 11.2. The Balaban J connectivity index is 1.89. The van der Waals surface area contributed by atoms with Gasteiger partial charge in [0.1, 0.15) is 5.75 Å². The van der Waals surface area contributed by atoms with Crippen molar-refractivity contribution in [3.8, 4) is 5.75 Å². The van der Waals surface area contributed by atoms with Crippen molar-refractivity contribution in [2.24, 2.45) is 0 Å². The lowest BCUT2D eigenvalue weighted by Gasteiger charge is -2.35. The number of nitrogens with zero attached hydrogens (tertiary/aromatic N) is 2. The van der Waals surface area contributed by atoms with Crippen LogP contribution in [0.5, 0.6) is 5.75 Å². The molecule has 1 atom stereocenters. The van der Waals surface area contributed by atoms with Crippen molar-refractivity contribution >= 4 is 0 Å². The molecule has 1 heterocycles. The van der Waals surface area contributed by atoms with Crippen LogP contribution in [-0.2, 0) is 13.0 Å². The number of aromatic nitrogens is 1. The first-order valence-electron chi connectivity index (χ1n) is 8.27. The molecule has 0 aliphatic heterocycles. The fraction of sp³-hybridized carbons (Fsp3) is 0.421. The Hall–Kier alpha value is -1.91. The second-order valence-corrected chi connectivity index (χ2v) is 6.22. The highest BCUT2D eigenvalue weighted by Gasteiger charge is 2.26. The van der Waals surface area contributed by atoms with E-state index < -0.39 is 0 Å². The Kier molecular flexibility index (Phi) is 4.94. The quantitative estimate of drug-likeness (QED) is 0.891. The summed E-state index contributed by atoms with van der Waals surface area (Å²) in [5.74, 6) is 0.225. The molecule has 0 saturated carbocycles. The fourth-order valence-electron chi connectivity index (χ4n) is 3.49. The highest BCUT2D eigenvalue weighted by Crippen LogP contribution is 2.35. The van der Waals surface area contributed by atoms with E-state index in [0.717, 1.165) is 25.0 Å². The lowest BCUT2D eigenvalue weighted by molar-refractivity contribution is 0.129. The fourth-order valence-corrected chi connectivity index (χ4v) is 3.49. The molecule has 0 fully saturated rings. The smallest absolute Gasteiger partial charge is 0.138 e. The highest BCUT2D eigenvalue weighted by atomic mass is 16.3. The van der Waals surface area contributed by atoms with Crippen molar-refractivity contribution in [2.75, 3.05) is 13.2 Å². The molecule has 1 aromatic heterocycles. The van der Waals surface area contributed by atoms with Crippen LogP contribution in [0.1, 0.15) is 41.4 Å². The van der Waals surface area contributed by atoms with Gasteiger partial charge in [-0.15, -0.1) is 0 Å². The summed E-state index contributed by atoms with van der Waals surface area (Å²) < 4.78 is 0. The van der Waals surface area contributed by atoms with E-state index in [1.165, 1.54) is 11.1 Å². The van der Waals surface area contributed by atoms with E-state index in [2.05, 4.69) is 34.1 Å². The normalized spacial score (nSPS) is 17.3. The van der Waals surface area contributed by atoms with E-state index in [0.29, 0.717) is 18.8 Å². The van der Waals surface area contributed by atoms with Crippen LogP contribution in [0.2, 0.25) is 0 Å². The van der Waals surface area contributed by atoms with Crippen LogP contribution < -0.4 is 0 Å². The Morgan fingerprint density at radius 2 is 2.04 bits per heavy atom. The zero-order chi connectivity index (χ0) is 16.2. The number of aliphatic hydroxyl groups excluding tert-OH is 1. The van der Waals surface area contributed by atoms with Gasteiger partial charge in [-0.3, -0.25) is 9.88 Å². The lowest BCUT2D eigenvalue weighted by Crippen LogP contribution is -2.33. The monoisotopic (exact) mass is 312 g/mol. The van der Waals surface area contributed by atoms with Gasteiger partial charge < -0.3 is 10.2 Å². The summed E-state index contributed by atoms with van der Waals surface area (Å²) in [6.45, 7) is 3.15. The summed E-state index contributed by atoms with van der Waals surface area (Å²) >= 11 is 0. The molecule has 0 spiro atoms. The second-order valence-electron chi connectivity index (χ2n) is 6.22. The summed E-state index contributed by atoms with van der Waals surface area (Å²) in [4.78, 5) is 6.71. The minimum atomic E-state index is 0.102. The molecule has 1 aliphatic rings. The van der Waals surface area contributed by atoms with Gasteiger partial charge in [0.2, 0.25) is 0 Å². The molecule has 1 aliphatic carbocycles. The zero-order valence-electron chi connectivity index (χ0n) is 13.6. The molecule has 0 saturated heterocycles. The van der Waals surface area contributed by atoms with Crippen molar-refractivity contribution in [1.29, 1.82) is 0 Å². The third-order valence-corrected chi connectivity index (χ3v) is 4.61. The molecule has 4 nitrogen and oxygen atoms in total. The van der Waals surface area contributed by atoms with Gasteiger partial charge in [-0.1, -0.05) is 24.3 Å². The molecule has 3 rings (SSSR count). The third-order valence-electron chi connectivity index (χ3n) is 4.61. The minimum Gasteiger partial charge on any atom is -0.506 e. The minimum absolute atomic E-state index is 0.102. The van der Waals surface area contributed by atoms with Gasteiger partial charge in [-0.05, 0) is 49.4 Å². The van der Waals surface area contributed by atoms with E-state index in [1.54, 1.807) is 6.07 Å². The molecule has 1 aromatic carbocycles. The van der Waals surface area contributed by atoms with Gasteiger partial charge in [0.05, 0.1) is 12.3 Å². The number of aliphatic hydroxyl groups is 1. The zero-order valence-corrected chi connectivity index (χ0v) is 13.6. The predicted molar refractivity (Wildman–Crippen MR) is 90.3 cm³/mol. The number of fused-ring (bicyclic) bond motifs is 1. The Morgan fingerprint density at radius 3 is 2.87 bits per heavy atom. The van der Waals surface area contributed by atoms with Crippen LogP contribution in [0.3, 0.4) is 0 Å². The number of hydrogen-bond acceptors (Lipinski definition) is 4. The van der Waals surface area contributed by atoms with E-state index in [-0.39, 0.29) is 18.4 Å². The van der Waals surface area contributed by atoms with Crippen molar-refractivity contribution in [1.82, 2.24) is 9.88 Å². The number of aryl methyl sites for hydroxylation is 2. The first-order valence-corrected chi connectivity index (χ1v) is 8.27. The first kappa shape index (κ1) is 16.0. The van der Waals surface area contributed by atoms with E-state index in [4.69, 9.17) is 0 Å². The number of rotatable bonds is 5. The maximum Gasteiger partial charge on any atom is 0.138 e. The Morgan fingerprint density at radius 1 is 1.22 bits per heavy atom. The second kappa shape index (κ2) is 7.11. The molecule has 23 heavy (non-hydrogen) atoms. The van der Waals surface area contributed by atoms with Gasteiger partial charge in [-0.25, -0.2) is 0 Å². The van der Waals surface area contributed by atoms with Crippen molar-refractivity contribution in [3.05, 3.63) is 58.9 Å². The van der Waals surface area contributed by atoms with Crippen LogP contribution in [0.25, 0.3) is 0 Å². The maximum absolute atomic E-state index is 10.1. The van der Waals surface area contributed by atoms with Gasteiger partial charge >= 0.3 is 0 Å². The number of aromatic hydroxyl groups is 1. The van der Waals surface area contributed by atoms with E-state index >= 15 is 0 Å². The summed E-state index contributed by atoms with van der Waals surface area (Å²) in [7, 11) is 0. The van der Waals surface area contributed by atoms with Crippen LogP contribution in [0.4, 0.5) is 0 Å². The SMILES string of the molecule is Cc1ccc(O)c(CN(CCO)C2CCCc3ccccc32)n1. The van der Waals surface area contributed by atoms with Gasteiger partial charge in [0.25, 0.3) is 0 Å². The standard InChI is InChI=1S/C19H24N2O2/c1-14-9-10-19(23)17(20-14)13-21(11-12-22)18-8-4-6-15-5-2-3-7-16(15)18/h2-3,5,7,9-10,18,22-23H,4,6,8,11-13H2,1H3. The molecular weight excluding hydrogens is 288 g/mol. The Labute approximate surface area is 137 Å². The topological polar surface area (TPSA) is 56.6 Å². The molecule has 2 N–H and O–H groups in total. The lowest BCUT2D eigenvalue weighted by atomic mass is 9.86. The average Bonchev–Trinajstić information content (AvgIpc) is 2.57. The van der Waals surface area contributed by atoms with Crippen LogP contribution in [0.15, 0.2) is 36.4 Å². The van der Waals surface area contributed by atoms with Crippen LogP contribution in [-0.4, -0.2) is 33.2 Å². The predicted octanol–water partition coefficient (Wildman–Crippen LogP) is 2.97. The van der Waals surface area contributed by atoms with E-state index in [1.807, 2.05) is 13.0 Å². The largest absolute Gasteiger partial charge is 0.506 e.